The predicted molar refractivity (Wildman–Crippen MR) is 108 cm³/mol. The van der Waals surface area contributed by atoms with E-state index in [2.05, 4.69) is 56.9 Å². The summed E-state index contributed by atoms with van der Waals surface area (Å²) in [5, 5.41) is 10.7. The minimum absolute atomic E-state index is 0.102. The number of nitrogens with one attached hydrogen (secondary N) is 2. The zero-order valence-electron chi connectivity index (χ0n) is 15.1. The Balaban J connectivity index is 1.32. The standard InChI is InChI=1S/C23H18N4O/c28-23(17-9-11-24-12-10-17)25-14-15-5-7-16(8-6-15)21-20-13-18-3-1-2-4-19(18)22(20)27-26-21/h1-12H,13-14H2,(H,25,28)(H,26,27). The molecule has 5 heteroatoms. The maximum Gasteiger partial charge on any atom is 0.251 e. The molecule has 28 heavy (non-hydrogen) atoms. The topological polar surface area (TPSA) is 70.7 Å². The molecule has 2 aromatic heterocycles. The molecule has 136 valence electrons. The molecule has 5 nitrogen and oxygen atoms in total. The van der Waals surface area contributed by atoms with Crippen molar-refractivity contribution < 1.29 is 4.79 Å². The van der Waals surface area contributed by atoms with Gasteiger partial charge in [-0.25, -0.2) is 0 Å². The van der Waals surface area contributed by atoms with Gasteiger partial charge in [-0.05, 0) is 23.3 Å². The van der Waals surface area contributed by atoms with Gasteiger partial charge in [0.25, 0.3) is 5.91 Å². The van der Waals surface area contributed by atoms with Crippen molar-refractivity contribution in [1.82, 2.24) is 20.5 Å². The highest BCUT2D eigenvalue weighted by molar-refractivity contribution is 5.93. The summed E-state index contributed by atoms with van der Waals surface area (Å²) < 4.78 is 0. The summed E-state index contributed by atoms with van der Waals surface area (Å²) >= 11 is 0. The fourth-order valence-electron chi connectivity index (χ4n) is 3.68. The van der Waals surface area contributed by atoms with Gasteiger partial charge in [-0.2, -0.15) is 5.10 Å². The molecule has 0 spiro atoms. The zero-order chi connectivity index (χ0) is 18.9. The first kappa shape index (κ1) is 16.4. The molecule has 0 aliphatic heterocycles. The summed E-state index contributed by atoms with van der Waals surface area (Å²) in [5.41, 5.74) is 8.68. The lowest BCUT2D eigenvalue weighted by Gasteiger charge is -2.06. The fourth-order valence-corrected chi connectivity index (χ4v) is 3.68. The molecular weight excluding hydrogens is 348 g/mol. The SMILES string of the molecule is O=C(NCc1ccc(-c2n[nH]c3c2Cc2ccccc2-3)cc1)c1ccncc1. The van der Waals surface area contributed by atoms with Crippen molar-refractivity contribution in [2.75, 3.05) is 0 Å². The van der Waals surface area contributed by atoms with Crippen molar-refractivity contribution in [3.8, 4) is 22.5 Å². The van der Waals surface area contributed by atoms with Crippen LogP contribution in [0.1, 0.15) is 27.0 Å². The molecule has 1 aliphatic rings. The largest absolute Gasteiger partial charge is 0.348 e. The van der Waals surface area contributed by atoms with Crippen LogP contribution in [0.2, 0.25) is 0 Å². The van der Waals surface area contributed by atoms with E-state index in [9.17, 15) is 4.79 Å². The van der Waals surface area contributed by atoms with Crippen LogP contribution < -0.4 is 5.32 Å². The van der Waals surface area contributed by atoms with Gasteiger partial charge in [-0.3, -0.25) is 14.9 Å². The van der Waals surface area contributed by atoms with Crippen molar-refractivity contribution in [2.24, 2.45) is 0 Å². The number of aromatic amines is 1. The number of carbonyl (C=O) groups is 1. The van der Waals surface area contributed by atoms with Crippen molar-refractivity contribution >= 4 is 5.91 Å². The Bertz CT molecular complexity index is 1150. The van der Waals surface area contributed by atoms with Crippen LogP contribution in [-0.2, 0) is 13.0 Å². The van der Waals surface area contributed by atoms with Crippen molar-refractivity contribution in [3.05, 3.63) is 95.3 Å². The Morgan fingerprint density at radius 2 is 1.79 bits per heavy atom. The molecule has 0 saturated heterocycles. The third kappa shape index (κ3) is 2.87. The second-order valence-corrected chi connectivity index (χ2v) is 6.88. The Morgan fingerprint density at radius 3 is 2.61 bits per heavy atom. The van der Waals surface area contributed by atoms with Gasteiger partial charge in [0.05, 0.1) is 11.4 Å². The Labute approximate surface area is 162 Å². The lowest BCUT2D eigenvalue weighted by Crippen LogP contribution is -2.22. The van der Waals surface area contributed by atoms with Crippen LogP contribution in [0.15, 0.2) is 73.1 Å². The number of rotatable bonds is 4. The summed E-state index contributed by atoms with van der Waals surface area (Å²) in [5.74, 6) is -0.102. The molecule has 2 N–H and O–H groups in total. The number of fused-ring (bicyclic) bond motifs is 3. The highest BCUT2D eigenvalue weighted by atomic mass is 16.1. The Kier molecular flexibility index (Phi) is 3.98. The van der Waals surface area contributed by atoms with E-state index in [1.165, 1.54) is 16.7 Å². The monoisotopic (exact) mass is 366 g/mol. The van der Waals surface area contributed by atoms with E-state index in [1.54, 1.807) is 24.5 Å². The lowest BCUT2D eigenvalue weighted by atomic mass is 10.0. The number of aromatic nitrogens is 3. The second kappa shape index (κ2) is 6.78. The van der Waals surface area contributed by atoms with Crippen LogP contribution in [0.25, 0.3) is 22.5 Å². The number of nitrogens with zero attached hydrogens (tertiary/aromatic N) is 2. The van der Waals surface area contributed by atoms with Crippen LogP contribution in [0.5, 0.6) is 0 Å². The Hall–Kier alpha value is -3.73. The van der Waals surface area contributed by atoms with E-state index < -0.39 is 0 Å². The molecule has 0 fully saturated rings. The molecule has 2 heterocycles. The molecule has 0 unspecified atom stereocenters. The van der Waals surface area contributed by atoms with Crippen molar-refractivity contribution in [3.63, 3.8) is 0 Å². The summed E-state index contributed by atoms with van der Waals surface area (Å²) in [6, 6.07) is 20.0. The smallest absolute Gasteiger partial charge is 0.251 e. The van der Waals surface area contributed by atoms with E-state index in [4.69, 9.17) is 0 Å². The molecule has 0 radical (unpaired) electrons. The minimum Gasteiger partial charge on any atom is -0.348 e. The van der Waals surface area contributed by atoms with E-state index >= 15 is 0 Å². The fraction of sp³-hybridized carbons (Fsp3) is 0.0870. The highest BCUT2D eigenvalue weighted by Crippen LogP contribution is 2.39. The molecule has 5 rings (SSSR count). The predicted octanol–water partition coefficient (Wildman–Crippen LogP) is 3.97. The first-order chi connectivity index (χ1) is 13.8. The molecule has 0 bridgehead atoms. The number of pyridine rings is 1. The summed E-state index contributed by atoms with van der Waals surface area (Å²) in [6.45, 7) is 0.478. The van der Waals surface area contributed by atoms with Gasteiger partial charge >= 0.3 is 0 Å². The normalized spacial score (nSPS) is 11.7. The van der Waals surface area contributed by atoms with Gasteiger partial charge in [0, 0.05) is 47.6 Å². The summed E-state index contributed by atoms with van der Waals surface area (Å²) in [4.78, 5) is 16.1. The number of amides is 1. The van der Waals surface area contributed by atoms with Gasteiger partial charge in [-0.15, -0.1) is 0 Å². The lowest BCUT2D eigenvalue weighted by molar-refractivity contribution is 0.0951. The first-order valence-electron chi connectivity index (χ1n) is 9.22. The zero-order valence-corrected chi connectivity index (χ0v) is 15.1. The summed E-state index contributed by atoms with van der Waals surface area (Å²) in [6.07, 6.45) is 4.13. The van der Waals surface area contributed by atoms with Crippen molar-refractivity contribution in [1.29, 1.82) is 0 Å². The van der Waals surface area contributed by atoms with E-state index in [1.807, 2.05) is 12.1 Å². The van der Waals surface area contributed by atoms with Crippen LogP contribution >= 0.6 is 0 Å². The maximum atomic E-state index is 12.2. The average molecular weight is 366 g/mol. The molecule has 4 aromatic rings. The maximum absolute atomic E-state index is 12.2. The Morgan fingerprint density at radius 1 is 1.00 bits per heavy atom. The second-order valence-electron chi connectivity index (χ2n) is 6.88. The minimum atomic E-state index is -0.102. The molecule has 1 amide bonds. The van der Waals surface area contributed by atoms with Crippen molar-refractivity contribution in [2.45, 2.75) is 13.0 Å². The van der Waals surface area contributed by atoms with Gasteiger partial charge in [0.2, 0.25) is 0 Å². The molecule has 2 aromatic carbocycles. The number of benzene rings is 2. The van der Waals surface area contributed by atoms with Gasteiger partial charge in [0.1, 0.15) is 0 Å². The van der Waals surface area contributed by atoms with Crippen LogP contribution in [-0.4, -0.2) is 21.1 Å². The third-order valence-electron chi connectivity index (χ3n) is 5.14. The van der Waals surface area contributed by atoms with Crippen LogP contribution in [0, 0.1) is 0 Å². The molecule has 0 saturated carbocycles. The third-order valence-corrected chi connectivity index (χ3v) is 5.14. The van der Waals surface area contributed by atoms with E-state index in [0.29, 0.717) is 12.1 Å². The molecule has 1 aliphatic carbocycles. The van der Waals surface area contributed by atoms with Crippen LogP contribution in [0.4, 0.5) is 0 Å². The van der Waals surface area contributed by atoms with Crippen LogP contribution in [0.3, 0.4) is 0 Å². The van der Waals surface area contributed by atoms with Gasteiger partial charge in [-0.1, -0.05) is 48.5 Å². The first-order valence-corrected chi connectivity index (χ1v) is 9.22. The van der Waals surface area contributed by atoms with Gasteiger partial charge < -0.3 is 5.32 Å². The number of hydrogen-bond acceptors (Lipinski definition) is 3. The van der Waals surface area contributed by atoms with E-state index in [-0.39, 0.29) is 5.91 Å². The quantitative estimate of drug-likeness (QED) is 0.505. The number of carbonyl (C=O) groups excluding carboxylic acids is 1. The number of hydrogen-bond donors (Lipinski definition) is 2. The number of H-pyrrole nitrogens is 1. The van der Waals surface area contributed by atoms with E-state index in [0.717, 1.165) is 28.9 Å². The average Bonchev–Trinajstić information content (AvgIpc) is 3.32. The van der Waals surface area contributed by atoms with Gasteiger partial charge in [0.15, 0.2) is 0 Å². The molecular formula is C23H18N4O. The summed E-state index contributed by atoms with van der Waals surface area (Å²) in [7, 11) is 0. The molecule has 0 atom stereocenters. The highest BCUT2D eigenvalue weighted by Gasteiger charge is 2.24.